The first-order valence-corrected chi connectivity index (χ1v) is 8.40. The largest absolute Gasteiger partial charge is 0.497 e. The summed E-state index contributed by atoms with van der Waals surface area (Å²) in [5, 5.41) is 0. The van der Waals surface area contributed by atoms with Crippen LogP contribution in [0, 0.1) is 11.3 Å². The van der Waals surface area contributed by atoms with Gasteiger partial charge in [0.25, 0.3) is 0 Å². The van der Waals surface area contributed by atoms with E-state index in [0.29, 0.717) is 11.3 Å². The molecule has 0 aliphatic heterocycles. The van der Waals surface area contributed by atoms with E-state index in [-0.39, 0.29) is 0 Å². The fraction of sp³-hybridized carbons (Fsp3) is 0.429. The van der Waals surface area contributed by atoms with Gasteiger partial charge in [-0.05, 0) is 83.4 Å². The molecule has 0 bridgehead atoms. The molecule has 22 heavy (non-hydrogen) atoms. The molecule has 1 unspecified atom stereocenters. The van der Waals surface area contributed by atoms with E-state index in [2.05, 4.69) is 43.9 Å². The van der Waals surface area contributed by atoms with Crippen LogP contribution >= 0.6 is 0 Å². The van der Waals surface area contributed by atoms with Crippen LogP contribution in [0.3, 0.4) is 0 Å². The number of aryl methyl sites for hydroxylation is 1. The molecule has 3 aliphatic rings. The van der Waals surface area contributed by atoms with E-state index < -0.39 is 0 Å². The second-order valence-electron chi connectivity index (χ2n) is 7.09. The lowest BCUT2D eigenvalue weighted by Crippen LogP contribution is -2.29. The molecule has 0 saturated heterocycles. The molecule has 0 heterocycles. The first-order valence-electron chi connectivity index (χ1n) is 8.40. The summed E-state index contributed by atoms with van der Waals surface area (Å²) < 4.78 is 5.39. The highest BCUT2D eigenvalue weighted by Crippen LogP contribution is 2.57. The average molecular weight is 292 g/mol. The Hall–Kier alpha value is -1.76. The summed E-state index contributed by atoms with van der Waals surface area (Å²) in [6.45, 7) is 6.52. The number of hydrogen-bond donors (Lipinski definition) is 0. The van der Waals surface area contributed by atoms with Gasteiger partial charge >= 0.3 is 0 Å². The Bertz CT molecular complexity index is 707. The lowest BCUT2D eigenvalue weighted by Gasteiger charge is -2.41. The van der Waals surface area contributed by atoms with E-state index in [0.717, 1.165) is 12.2 Å². The van der Waals surface area contributed by atoms with E-state index in [1.807, 2.05) is 0 Å². The molecule has 0 fully saturated rings. The summed E-state index contributed by atoms with van der Waals surface area (Å²) >= 11 is 0. The third-order valence-electron chi connectivity index (χ3n) is 6.16. The van der Waals surface area contributed by atoms with Crippen LogP contribution in [0.2, 0.25) is 0 Å². The molecule has 2 atom stereocenters. The first-order chi connectivity index (χ1) is 10.7. The van der Waals surface area contributed by atoms with Gasteiger partial charge in [-0.3, -0.25) is 0 Å². The highest BCUT2D eigenvalue weighted by atomic mass is 16.5. The lowest BCUT2D eigenvalue weighted by atomic mass is 9.62. The number of rotatable bonds is 2. The minimum atomic E-state index is 0.324. The second-order valence-corrected chi connectivity index (χ2v) is 7.09. The number of ether oxygens (including phenoxy) is 1. The van der Waals surface area contributed by atoms with Crippen molar-refractivity contribution >= 4 is 5.57 Å². The molecule has 0 aromatic heterocycles. The number of methoxy groups -OCH3 is 1. The number of allylic oxidation sites excluding steroid dienone is 5. The van der Waals surface area contributed by atoms with Crippen LogP contribution in [-0.2, 0) is 6.42 Å². The summed E-state index contributed by atoms with van der Waals surface area (Å²) in [5.41, 5.74) is 8.10. The molecule has 3 aliphatic carbocycles. The average Bonchev–Trinajstić information content (AvgIpc) is 2.90. The summed E-state index contributed by atoms with van der Waals surface area (Å²) in [7, 11) is 1.75. The van der Waals surface area contributed by atoms with E-state index in [1.165, 1.54) is 36.8 Å². The molecule has 1 heteroatoms. The van der Waals surface area contributed by atoms with Gasteiger partial charge in [-0.25, -0.2) is 0 Å². The van der Waals surface area contributed by atoms with E-state index in [9.17, 15) is 0 Å². The van der Waals surface area contributed by atoms with Crippen molar-refractivity contribution in [3.63, 3.8) is 0 Å². The number of hydrogen-bond acceptors (Lipinski definition) is 1. The Morgan fingerprint density at radius 1 is 1.23 bits per heavy atom. The predicted molar refractivity (Wildman–Crippen MR) is 92.0 cm³/mol. The van der Waals surface area contributed by atoms with Gasteiger partial charge in [0.1, 0.15) is 5.75 Å². The van der Waals surface area contributed by atoms with Crippen molar-refractivity contribution < 1.29 is 4.74 Å². The van der Waals surface area contributed by atoms with Gasteiger partial charge in [0, 0.05) is 0 Å². The van der Waals surface area contributed by atoms with E-state index in [1.54, 1.807) is 23.8 Å². The van der Waals surface area contributed by atoms with Crippen molar-refractivity contribution in [3.8, 4) is 5.75 Å². The smallest absolute Gasteiger partial charge is 0.119 e. The molecule has 1 nitrogen and oxygen atoms in total. The molecule has 0 radical (unpaired) electrons. The molecular weight excluding hydrogens is 268 g/mol. The maximum Gasteiger partial charge on any atom is 0.119 e. The SMILES string of the molecule is C=CC1CC=C2C3=C(CC[C@@]21C)c1ccc(OC)cc1CC3. The maximum atomic E-state index is 5.39. The summed E-state index contributed by atoms with van der Waals surface area (Å²) in [6.07, 6.45) is 10.6. The highest BCUT2D eigenvalue weighted by Gasteiger charge is 2.44. The van der Waals surface area contributed by atoms with Crippen molar-refractivity contribution in [1.82, 2.24) is 0 Å². The topological polar surface area (TPSA) is 9.23 Å². The molecule has 0 saturated carbocycles. The third-order valence-corrected chi connectivity index (χ3v) is 6.16. The van der Waals surface area contributed by atoms with Gasteiger partial charge in [-0.1, -0.05) is 25.1 Å². The molecule has 4 rings (SSSR count). The van der Waals surface area contributed by atoms with Crippen molar-refractivity contribution in [3.05, 3.63) is 59.2 Å². The first kappa shape index (κ1) is 13.9. The summed E-state index contributed by atoms with van der Waals surface area (Å²) in [4.78, 5) is 0. The van der Waals surface area contributed by atoms with Crippen LogP contribution in [-0.4, -0.2) is 7.11 Å². The minimum Gasteiger partial charge on any atom is -0.497 e. The zero-order valence-corrected chi connectivity index (χ0v) is 13.6. The second kappa shape index (κ2) is 4.87. The van der Waals surface area contributed by atoms with Crippen molar-refractivity contribution in [1.29, 1.82) is 0 Å². The Morgan fingerprint density at radius 2 is 2.09 bits per heavy atom. The zero-order chi connectivity index (χ0) is 15.3. The molecule has 1 aromatic carbocycles. The Balaban J connectivity index is 1.81. The highest BCUT2D eigenvalue weighted by molar-refractivity contribution is 5.79. The molecule has 0 spiro atoms. The van der Waals surface area contributed by atoms with E-state index >= 15 is 0 Å². The number of fused-ring (bicyclic) bond motifs is 4. The van der Waals surface area contributed by atoms with Crippen LogP contribution in [0.15, 0.2) is 48.1 Å². The fourth-order valence-electron chi connectivity index (χ4n) is 4.82. The van der Waals surface area contributed by atoms with Gasteiger partial charge in [0.2, 0.25) is 0 Å². The van der Waals surface area contributed by atoms with Gasteiger partial charge in [0.05, 0.1) is 7.11 Å². The van der Waals surface area contributed by atoms with Crippen molar-refractivity contribution in [2.75, 3.05) is 7.11 Å². The van der Waals surface area contributed by atoms with Crippen LogP contribution in [0.5, 0.6) is 5.75 Å². The van der Waals surface area contributed by atoms with Gasteiger partial charge in [0.15, 0.2) is 0 Å². The van der Waals surface area contributed by atoms with E-state index in [4.69, 9.17) is 4.74 Å². The third kappa shape index (κ3) is 1.78. The van der Waals surface area contributed by atoms with Crippen LogP contribution in [0.25, 0.3) is 5.57 Å². The van der Waals surface area contributed by atoms with Crippen LogP contribution in [0.4, 0.5) is 0 Å². The summed E-state index contributed by atoms with van der Waals surface area (Å²) in [5.74, 6) is 1.60. The Labute approximate surface area is 133 Å². The predicted octanol–water partition coefficient (Wildman–Crippen LogP) is 5.33. The van der Waals surface area contributed by atoms with Crippen LogP contribution in [0.1, 0.15) is 43.7 Å². The standard InChI is InChI=1S/C21H24O/c1-4-15-6-10-20-19-8-5-14-13-16(22-3)7-9-17(14)18(19)11-12-21(15,20)2/h4,7,9-10,13,15H,1,5-6,8,11-12H2,2-3H3/t15?,21-/m1/s1. The Kier molecular flexibility index (Phi) is 3.07. The monoisotopic (exact) mass is 292 g/mol. The lowest BCUT2D eigenvalue weighted by molar-refractivity contribution is 0.288. The maximum absolute atomic E-state index is 5.39. The summed E-state index contributed by atoms with van der Waals surface area (Å²) in [6, 6.07) is 6.60. The number of benzene rings is 1. The zero-order valence-electron chi connectivity index (χ0n) is 13.6. The van der Waals surface area contributed by atoms with Crippen LogP contribution < -0.4 is 4.74 Å². The molecule has 114 valence electrons. The van der Waals surface area contributed by atoms with Gasteiger partial charge in [-0.15, -0.1) is 6.58 Å². The fourth-order valence-corrected chi connectivity index (χ4v) is 4.82. The quantitative estimate of drug-likeness (QED) is 0.670. The van der Waals surface area contributed by atoms with Gasteiger partial charge < -0.3 is 4.74 Å². The molecule has 0 amide bonds. The minimum absolute atomic E-state index is 0.324. The molecule has 0 N–H and O–H groups in total. The normalized spacial score (nSPS) is 29.4. The van der Waals surface area contributed by atoms with Crippen molar-refractivity contribution in [2.45, 2.75) is 39.0 Å². The molecular formula is C21H24O. The van der Waals surface area contributed by atoms with Gasteiger partial charge in [-0.2, -0.15) is 0 Å². The Morgan fingerprint density at radius 3 is 2.86 bits per heavy atom. The van der Waals surface area contributed by atoms with Crippen molar-refractivity contribution in [2.24, 2.45) is 11.3 Å². The molecule has 1 aromatic rings.